The zero-order chi connectivity index (χ0) is 15.8. The molecule has 0 aromatic heterocycles. The SMILES string of the molecule is O=C(NC1CCN(C2CCCCC2O)CC1)C1CC2CCC1O2. The van der Waals surface area contributed by atoms with E-state index in [0.29, 0.717) is 18.2 Å². The van der Waals surface area contributed by atoms with E-state index in [9.17, 15) is 9.90 Å². The zero-order valence-corrected chi connectivity index (χ0v) is 14.0. The third-order valence-corrected chi connectivity index (χ3v) is 6.48. The lowest BCUT2D eigenvalue weighted by Gasteiger charge is -2.41. The minimum absolute atomic E-state index is 0.0898. The lowest BCUT2D eigenvalue weighted by molar-refractivity contribution is -0.127. The molecule has 3 heterocycles. The number of likely N-dealkylation sites (tertiary alicyclic amines) is 1. The molecule has 0 spiro atoms. The van der Waals surface area contributed by atoms with E-state index >= 15 is 0 Å². The number of aliphatic hydroxyl groups excluding tert-OH is 1. The van der Waals surface area contributed by atoms with Crippen LogP contribution in [-0.4, -0.2) is 59.4 Å². The molecule has 5 unspecified atom stereocenters. The van der Waals surface area contributed by atoms with Crippen LogP contribution in [0.1, 0.15) is 57.8 Å². The van der Waals surface area contributed by atoms with Gasteiger partial charge in [-0.3, -0.25) is 9.69 Å². The summed E-state index contributed by atoms with van der Waals surface area (Å²) in [6.45, 7) is 2.00. The second kappa shape index (κ2) is 6.69. The predicted molar refractivity (Wildman–Crippen MR) is 87.0 cm³/mol. The van der Waals surface area contributed by atoms with Gasteiger partial charge in [-0.05, 0) is 44.9 Å². The summed E-state index contributed by atoms with van der Waals surface area (Å²) in [5.41, 5.74) is 0. The Kier molecular flexibility index (Phi) is 4.61. The standard InChI is InChI=1S/C18H30N2O3/c21-16-4-2-1-3-15(16)20-9-7-12(8-10-20)19-18(22)14-11-13-5-6-17(14)23-13/h12-17,21H,1-11H2,(H,19,22). The topological polar surface area (TPSA) is 61.8 Å². The first-order valence-electron chi connectivity index (χ1n) is 9.58. The Labute approximate surface area is 138 Å². The van der Waals surface area contributed by atoms with Crippen molar-refractivity contribution in [2.45, 2.75) is 88.2 Å². The molecule has 130 valence electrons. The summed E-state index contributed by atoms with van der Waals surface area (Å²) in [6.07, 6.45) is 9.97. The van der Waals surface area contributed by atoms with Gasteiger partial charge in [-0.15, -0.1) is 0 Å². The fourth-order valence-electron chi connectivity index (χ4n) is 5.12. The first kappa shape index (κ1) is 15.9. The van der Waals surface area contributed by atoms with Crippen LogP contribution >= 0.6 is 0 Å². The van der Waals surface area contributed by atoms with Gasteiger partial charge in [0.1, 0.15) is 0 Å². The monoisotopic (exact) mass is 322 g/mol. The number of carbonyl (C=O) groups is 1. The van der Waals surface area contributed by atoms with Crippen molar-refractivity contribution in [3.8, 4) is 0 Å². The van der Waals surface area contributed by atoms with Crippen LogP contribution in [-0.2, 0) is 9.53 Å². The van der Waals surface area contributed by atoms with Crippen LogP contribution in [0.5, 0.6) is 0 Å². The smallest absolute Gasteiger partial charge is 0.226 e. The van der Waals surface area contributed by atoms with Crippen LogP contribution in [0.3, 0.4) is 0 Å². The van der Waals surface area contributed by atoms with E-state index in [4.69, 9.17) is 4.74 Å². The molecule has 4 aliphatic rings. The number of fused-ring (bicyclic) bond motifs is 2. The van der Waals surface area contributed by atoms with Crippen molar-refractivity contribution in [2.75, 3.05) is 13.1 Å². The van der Waals surface area contributed by atoms with E-state index in [1.807, 2.05) is 0 Å². The van der Waals surface area contributed by atoms with E-state index in [1.54, 1.807) is 0 Å². The number of nitrogens with zero attached hydrogens (tertiary/aromatic N) is 1. The first-order chi connectivity index (χ1) is 11.2. The summed E-state index contributed by atoms with van der Waals surface area (Å²) in [5, 5.41) is 13.5. The maximum atomic E-state index is 12.5. The number of amides is 1. The van der Waals surface area contributed by atoms with Crippen molar-refractivity contribution in [2.24, 2.45) is 5.92 Å². The van der Waals surface area contributed by atoms with Crippen LogP contribution < -0.4 is 5.32 Å². The normalized spacial score (nSPS) is 42.0. The summed E-state index contributed by atoms with van der Waals surface area (Å²) >= 11 is 0. The predicted octanol–water partition coefficient (Wildman–Crippen LogP) is 1.44. The van der Waals surface area contributed by atoms with Crippen LogP contribution in [0.2, 0.25) is 0 Å². The number of carbonyl (C=O) groups excluding carboxylic acids is 1. The van der Waals surface area contributed by atoms with Crippen LogP contribution in [0.4, 0.5) is 0 Å². The molecule has 1 amide bonds. The molecule has 23 heavy (non-hydrogen) atoms. The fraction of sp³-hybridized carbons (Fsp3) is 0.944. The van der Waals surface area contributed by atoms with Crippen molar-refractivity contribution >= 4 is 5.91 Å². The second-order valence-corrected chi connectivity index (χ2v) is 7.95. The van der Waals surface area contributed by atoms with E-state index in [1.165, 1.54) is 6.42 Å². The Morgan fingerprint density at radius 1 is 1.04 bits per heavy atom. The molecule has 0 radical (unpaired) electrons. The average molecular weight is 322 g/mol. The highest BCUT2D eigenvalue weighted by Crippen LogP contribution is 2.39. The lowest BCUT2D eigenvalue weighted by Crippen LogP contribution is -2.53. The third-order valence-electron chi connectivity index (χ3n) is 6.48. The highest BCUT2D eigenvalue weighted by Gasteiger charge is 2.44. The van der Waals surface area contributed by atoms with Gasteiger partial charge < -0.3 is 15.2 Å². The Bertz CT molecular complexity index is 436. The molecule has 0 aromatic carbocycles. The third kappa shape index (κ3) is 3.28. The van der Waals surface area contributed by atoms with Gasteiger partial charge in [0.05, 0.1) is 24.2 Å². The maximum absolute atomic E-state index is 12.5. The largest absolute Gasteiger partial charge is 0.391 e. The molecule has 4 fully saturated rings. The number of nitrogens with one attached hydrogen (secondary N) is 1. The lowest BCUT2D eigenvalue weighted by atomic mass is 9.87. The molecule has 5 nitrogen and oxygen atoms in total. The van der Waals surface area contributed by atoms with Crippen molar-refractivity contribution in [1.29, 1.82) is 0 Å². The number of hydrogen-bond acceptors (Lipinski definition) is 4. The fourth-order valence-corrected chi connectivity index (χ4v) is 5.12. The molecule has 3 saturated heterocycles. The average Bonchev–Trinajstić information content (AvgIpc) is 3.19. The Morgan fingerprint density at radius 2 is 1.83 bits per heavy atom. The second-order valence-electron chi connectivity index (χ2n) is 7.95. The quantitative estimate of drug-likeness (QED) is 0.825. The van der Waals surface area contributed by atoms with E-state index < -0.39 is 0 Å². The van der Waals surface area contributed by atoms with Gasteiger partial charge in [-0.1, -0.05) is 12.8 Å². The van der Waals surface area contributed by atoms with Gasteiger partial charge in [0.15, 0.2) is 0 Å². The van der Waals surface area contributed by atoms with Crippen molar-refractivity contribution in [3.63, 3.8) is 0 Å². The van der Waals surface area contributed by atoms with Gasteiger partial charge in [0, 0.05) is 25.2 Å². The number of hydrogen-bond donors (Lipinski definition) is 2. The molecule has 1 saturated carbocycles. The Balaban J connectivity index is 1.24. The summed E-state index contributed by atoms with van der Waals surface area (Å²) in [7, 11) is 0. The number of rotatable bonds is 3. The number of aliphatic hydroxyl groups is 1. The van der Waals surface area contributed by atoms with Crippen LogP contribution in [0, 0.1) is 5.92 Å². The highest BCUT2D eigenvalue weighted by atomic mass is 16.5. The summed E-state index contributed by atoms with van der Waals surface area (Å²) < 4.78 is 5.81. The van der Waals surface area contributed by atoms with Gasteiger partial charge >= 0.3 is 0 Å². The first-order valence-corrected chi connectivity index (χ1v) is 9.58. The van der Waals surface area contributed by atoms with Crippen molar-refractivity contribution < 1.29 is 14.6 Å². The molecule has 0 aromatic rings. The van der Waals surface area contributed by atoms with Crippen LogP contribution in [0.15, 0.2) is 0 Å². The van der Waals surface area contributed by atoms with E-state index in [0.717, 1.165) is 64.5 Å². The summed E-state index contributed by atoms with van der Waals surface area (Å²) in [4.78, 5) is 14.9. The summed E-state index contributed by atoms with van der Waals surface area (Å²) in [6, 6.07) is 0.651. The molecule has 1 aliphatic carbocycles. The Hall–Kier alpha value is -0.650. The Morgan fingerprint density at radius 3 is 2.48 bits per heavy atom. The molecular formula is C18H30N2O3. The number of ether oxygens (including phenoxy) is 1. The minimum atomic E-state index is -0.152. The highest BCUT2D eigenvalue weighted by molar-refractivity contribution is 5.80. The molecule has 2 bridgehead atoms. The summed E-state index contributed by atoms with van der Waals surface area (Å²) in [5.74, 6) is 0.306. The molecule has 3 aliphatic heterocycles. The number of piperidine rings is 1. The maximum Gasteiger partial charge on any atom is 0.226 e. The van der Waals surface area contributed by atoms with Gasteiger partial charge in [-0.25, -0.2) is 0 Å². The molecule has 5 heteroatoms. The molecule has 5 atom stereocenters. The minimum Gasteiger partial charge on any atom is -0.391 e. The zero-order valence-electron chi connectivity index (χ0n) is 14.0. The van der Waals surface area contributed by atoms with Gasteiger partial charge in [-0.2, -0.15) is 0 Å². The molecule has 2 N–H and O–H groups in total. The molecule has 4 rings (SSSR count). The van der Waals surface area contributed by atoms with E-state index in [2.05, 4.69) is 10.2 Å². The van der Waals surface area contributed by atoms with Gasteiger partial charge in [0.2, 0.25) is 5.91 Å². The van der Waals surface area contributed by atoms with Crippen molar-refractivity contribution in [1.82, 2.24) is 10.2 Å². The van der Waals surface area contributed by atoms with Crippen molar-refractivity contribution in [3.05, 3.63) is 0 Å². The van der Waals surface area contributed by atoms with Gasteiger partial charge in [0.25, 0.3) is 0 Å². The van der Waals surface area contributed by atoms with Crippen LogP contribution in [0.25, 0.3) is 0 Å². The molecular weight excluding hydrogens is 292 g/mol. The van der Waals surface area contributed by atoms with E-state index in [-0.39, 0.29) is 24.0 Å².